The highest BCUT2D eigenvalue weighted by Crippen LogP contribution is 2.43. The van der Waals surface area contributed by atoms with Crippen molar-refractivity contribution in [2.75, 3.05) is 54.1 Å². The Hall–Kier alpha value is -0.540. The fourth-order valence-corrected chi connectivity index (χ4v) is 5.09. The van der Waals surface area contributed by atoms with Crippen molar-refractivity contribution < 1.29 is 42.0 Å². The monoisotopic (exact) mass is 580 g/mol. The van der Waals surface area contributed by atoms with E-state index in [1.807, 2.05) is 21.1 Å². The molecule has 2 unspecified atom stereocenters. The Morgan fingerprint density at radius 3 is 2.03 bits per heavy atom. The van der Waals surface area contributed by atoms with Gasteiger partial charge in [-0.15, -0.1) is 0 Å². The molecule has 0 aliphatic carbocycles. The third-order valence-corrected chi connectivity index (χ3v) is 7.82. The first kappa shape index (κ1) is 36.5. The van der Waals surface area contributed by atoms with Crippen molar-refractivity contribution in [3.8, 4) is 0 Å². The van der Waals surface area contributed by atoms with Crippen molar-refractivity contribution in [2.24, 2.45) is 0 Å². The average molecular weight is 581 g/mol. The SMILES string of the molecule is CCCCCCCCCCCCCCCC(=O)OC[C@H](COP(=O)(O)OCC[N+](C)(C)C)OC1CCCCO1. The summed E-state index contributed by atoms with van der Waals surface area (Å²) in [6.07, 6.45) is 18.1. The second-order valence-electron chi connectivity index (χ2n) is 11.8. The Balaban J connectivity index is 2.23. The molecular formula is C29H59NO8P+. The van der Waals surface area contributed by atoms with Crippen LogP contribution < -0.4 is 0 Å². The van der Waals surface area contributed by atoms with Gasteiger partial charge in [0.25, 0.3) is 0 Å². The number of phosphoric acid groups is 1. The number of esters is 1. The van der Waals surface area contributed by atoms with E-state index >= 15 is 0 Å². The van der Waals surface area contributed by atoms with Crippen LogP contribution in [0.3, 0.4) is 0 Å². The van der Waals surface area contributed by atoms with Gasteiger partial charge in [-0.05, 0) is 25.7 Å². The molecule has 0 aromatic heterocycles. The standard InChI is InChI=1S/C29H58NO8P/c1-5-6-7-8-9-10-11-12-13-14-15-16-17-20-28(31)35-25-27(38-29-21-18-19-23-34-29)26-37-39(32,33)36-24-22-30(2,3)4/h27,29H,5-26H2,1-4H3/p+1/t27-,29?/m1/s1. The van der Waals surface area contributed by atoms with Gasteiger partial charge < -0.3 is 23.6 Å². The normalized spacial score (nSPS) is 18.5. The topological polar surface area (TPSA) is 101 Å². The van der Waals surface area contributed by atoms with Gasteiger partial charge in [0, 0.05) is 13.0 Å². The van der Waals surface area contributed by atoms with Gasteiger partial charge in [-0.1, -0.05) is 84.0 Å². The summed E-state index contributed by atoms with van der Waals surface area (Å²) < 4.78 is 40.1. The molecule has 1 N–H and O–H groups in total. The quantitative estimate of drug-likeness (QED) is 0.0547. The number of rotatable bonds is 25. The van der Waals surface area contributed by atoms with Crippen LogP contribution in [-0.4, -0.2) is 81.9 Å². The van der Waals surface area contributed by atoms with Gasteiger partial charge in [-0.3, -0.25) is 13.8 Å². The predicted molar refractivity (Wildman–Crippen MR) is 154 cm³/mol. The number of nitrogens with zero attached hydrogens (tertiary/aromatic N) is 1. The number of carbonyl (C=O) groups excluding carboxylic acids is 1. The van der Waals surface area contributed by atoms with Gasteiger partial charge in [0.2, 0.25) is 0 Å². The lowest BCUT2D eigenvalue weighted by Gasteiger charge is -2.28. The maximum atomic E-state index is 12.3. The van der Waals surface area contributed by atoms with E-state index in [2.05, 4.69) is 6.92 Å². The van der Waals surface area contributed by atoms with Gasteiger partial charge in [0.05, 0.1) is 27.7 Å². The number of unbranched alkanes of at least 4 members (excludes halogenated alkanes) is 12. The number of likely N-dealkylation sites (N-methyl/N-ethyl adjacent to an activating group) is 1. The molecule has 1 aliphatic heterocycles. The summed E-state index contributed by atoms with van der Waals surface area (Å²) in [6, 6.07) is 0. The Morgan fingerprint density at radius 1 is 0.897 bits per heavy atom. The second-order valence-corrected chi connectivity index (χ2v) is 13.3. The molecule has 0 aromatic rings. The molecule has 9 nitrogen and oxygen atoms in total. The Kier molecular flexibility index (Phi) is 20.7. The average Bonchev–Trinajstić information content (AvgIpc) is 2.88. The second kappa shape index (κ2) is 22.1. The maximum absolute atomic E-state index is 12.3. The number of hydrogen-bond donors (Lipinski definition) is 1. The minimum atomic E-state index is -4.25. The molecule has 0 radical (unpaired) electrons. The third kappa shape index (κ3) is 22.8. The number of ether oxygens (including phenoxy) is 3. The molecule has 10 heteroatoms. The number of quaternary nitrogens is 1. The number of phosphoric ester groups is 1. The largest absolute Gasteiger partial charge is 0.472 e. The van der Waals surface area contributed by atoms with E-state index in [0.717, 1.165) is 38.5 Å². The minimum Gasteiger partial charge on any atom is -0.463 e. The minimum absolute atomic E-state index is 0.0595. The molecule has 0 spiro atoms. The predicted octanol–water partition coefficient (Wildman–Crippen LogP) is 6.76. The number of carbonyl (C=O) groups is 1. The molecule has 0 amide bonds. The van der Waals surface area contributed by atoms with Gasteiger partial charge >= 0.3 is 13.8 Å². The Bertz CT molecular complexity index is 652. The molecule has 39 heavy (non-hydrogen) atoms. The first-order valence-electron chi connectivity index (χ1n) is 15.5. The van der Waals surface area contributed by atoms with Gasteiger partial charge in [0.15, 0.2) is 6.29 Å². The van der Waals surface area contributed by atoms with E-state index in [1.54, 1.807) is 0 Å². The van der Waals surface area contributed by atoms with Gasteiger partial charge in [0.1, 0.15) is 25.9 Å². The third-order valence-electron chi connectivity index (χ3n) is 6.84. The zero-order valence-electron chi connectivity index (χ0n) is 25.4. The molecule has 0 saturated carbocycles. The highest BCUT2D eigenvalue weighted by atomic mass is 31.2. The van der Waals surface area contributed by atoms with E-state index in [9.17, 15) is 14.3 Å². The smallest absolute Gasteiger partial charge is 0.463 e. The summed E-state index contributed by atoms with van der Waals surface area (Å²) in [4.78, 5) is 22.3. The van der Waals surface area contributed by atoms with Crippen molar-refractivity contribution in [2.45, 2.75) is 128 Å². The summed E-state index contributed by atoms with van der Waals surface area (Å²) in [7, 11) is 1.65. The molecular weight excluding hydrogens is 521 g/mol. The Labute approximate surface area is 238 Å². The van der Waals surface area contributed by atoms with Crippen molar-refractivity contribution in [1.29, 1.82) is 0 Å². The zero-order valence-corrected chi connectivity index (χ0v) is 26.3. The van der Waals surface area contributed by atoms with Crippen molar-refractivity contribution in [3.63, 3.8) is 0 Å². The molecule has 3 atom stereocenters. The van der Waals surface area contributed by atoms with Crippen LogP contribution in [0.4, 0.5) is 0 Å². The lowest BCUT2D eigenvalue weighted by atomic mass is 10.0. The lowest BCUT2D eigenvalue weighted by Crippen LogP contribution is -2.37. The van der Waals surface area contributed by atoms with E-state index in [0.29, 0.717) is 24.1 Å². The summed E-state index contributed by atoms with van der Waals surface area (Å²) in [6.45, 7) is 3.21. The van der Waals surface area contributed by atoms with Crippen molar-refractivity contribution in [3.05, 3.63) is 0 Å². The molecule has 0 bridgehead atoms. The highest BCUT2D eigenvalue weighted by molar-refractivity contribution is 7.47. The van der Waals surface area contributed by atoms with E-state index in [1.165, 1.54) is 64.2 Å². The first-order valence-corrected chi connectivity index (χ1v) is 17.0. The molecule has 0 aromatic carbocycles. The van der Waals surface area contributed by atoms with E-state index in [-0.39, 0.29) is 25.8 Å². The molecule has 232 valence electrons. The maximum Gasteiger partial charge on any atom is 0.472 e. The highest BCUT2D eigenvalue weighted by Gasteiger charge is 2.28. The van der Waals surface area contributed by atoms with E-state index in [4.69, 9.17) is 23.3 Å². The van der Waals surface area contributed by atoms with Crippen molar-refractivity contribution >= 4 is 13.8 Å². The first-order chi connectivity index (χ1) is 18.6. The molecule has 1 rings (SSSR count). The molecule has 1 heterocycles. The summed E-state index contributed by atoms with van der Waals surface area (Å²) in [5, 5.41) is 0. The lowest BCUT2D eigenvalue weighted by molar-refractivity contribution is -0.870. The van der Waals surface area contributed by atoms with Crippen LogP contribution in [-0.2, 0) is 32.6 Å². The molecule has 1 saturated heterocycles. The Morgan fingerprint density at radius 2 is 1.49 bits per heavy atom. The van der Waals surface area contributed by atoms with Gasteiger partial charge in [-0.2, -0.15) is 0 Å². The van der Waals surface area contributed by atoms with Crippen LogP contribution in [0.1, 0.15) is 116 Å². The summed E-state index contributed by atoms with van der Waals surface area (Å²) in [5.41, 5.74) is 0. The zero-order chi connectivity index (χ0) is 28.8. The fraction of sp³-hybridized carbons (Fsp3) is 0.966. The van der Waals surface area contributed by atoms with Crippen molar-refractivity contribution in [1.82, 2.24) is 0 Å². The number of hydrogen-bond acceptors (Lipinski definition) is 7. The van der Waals surface area contributed by atoms with Crippen LogP contribution >= 0.6 is 7.82 Å². The van der Waals surface area contributed by atoms with Crippen LogP contribution in [0.25, 0.3) is 0 Å². The molecule has 1 aliphatic rings. The van der Waals surface area contributed by atoms with E-state index < -0.39 is 20.2 Å². The van der Waals surface area contributed by atoms with Gasteiger partial charge in [-0.25, -0.2) is 4.57 Å². The summed E-state index contributed by atoms with van der Waals surface area (Å²) >= 11 is 0. The van der Waals surface area contributed by atoms with Crippen LogP contribution in [0.15, 0.2) is 0 Å². The van der Waals surface area contributed by atoms with Crippen LogP contribution in [0, 0.1) is 0 Å². The molecule has 1 fully saturated rings. The fourth-order valence-electron chi connectivity index (χ4n) is 4.35. The van der Waals surface area contributed by atoms with Crippen LogP contribution in [0.2, 0.25) is 0 Å². The van der Waals surface area contributed by atoms with Crippen LogP contribution in [0.5, 0.6) is 0 Å². The summed E-state index contributed by atoms with van der Waals surface area (Å²) in [5.74, 6) is -0.289.